The summed E-state index contributed by atoms with van der Waals surface area (Å²) in [6.45, 7) is 1.87. The van der Waals surface area contributed by atoms with Gasteiger partial charge in [0, 0.05) is 0 Å². The molecule has 1 aromatic carbocycles. The number of rotatable bonds is 6. The molecule has 0 saturated heterocycles. The minimum atomic E-state index is -3.59. The molecule has 0 radical (unpaired) electrons. The van der Waals surface area contributed by atoms with Gasteiger partial charge in [0.2, 0.25) is 5.69 Å². The van der Waals surface area contributed by atoms with Crippen LogP contribution in [0.1, 0.15) is 17.4 Å². The highest BCUT2D eigenvalue weighted by Gasteiger charge is 2.18. The molecule has 118 valence electrons. The van der Waals surface area contributed by atoms with Gasteiger partial charge < -0.3 is 13.7 Å². The van der Waals surface area contributed by atoms with E-state index in [1.54, 1.807) is 6.92 Å². The zero-order valence-electron chi connectivity index (χ0n) is 11.8. The van der Waals surface area contributed by atoms with E-state index in [1.807, 2.05) is 0 Å². The van der Waals surface area contributed by atoms with Crippen molar-refractivity contribution < 1.29 is 26.9 Å². The van der Waals surface area contributed by atoms with Gasteiger partial charge in [-0.1, -0.05) is 10.3 Å². The largest absolute Gasteiger partial charge is 0.461 e. The number of aromatic amines is 1. The second-order valence-corrected chi connectivity index (χ2v) is 5.65. The van der Waals surface area contributed by atoms with Gasteiger partial charge in [0.25, 0.3) is 5.88 Å². The van der Waals surface area contributed by atoms with Crippen LogP contribution in [0, 0.1) is 0 Å². The predicted octanol–water partition coefficient (Wildman–Crippen LogP) is 1.11. The molecule has 0 aliphatic carbocycles. The van der Waals surface area contributed by atoms with Crippen LogP contribution in [-0.4, -0.2) is 42.7 Å². The lowest BCUT2D eigenvalue weighted by Gasteiger charge is -2.06. The van der Waals surface area contributed by atoms with Gasteiger partial charge in [-0.15, -0.1) is 0 Å². The van der Waals surface area contributed by atoms with Crippen LogP contribution in [0.15, 0.2) is 24.3 Å². The molecule has 1 heterocycles. The highest BCUT2D eigenvalue weighted by Crippen LogP contribution is 2.24. The lowest BCUT2D eigenvalue weighted by atomic mass is 10.3. The standard InChI is InChI=1S/C12H13N3O6S/c1-3-19-12(16)10-11(14-15-13-10)20-8-4-6-9(7-5-8)21-22(2,17)18/h4-7H,3H2,1-2H3,(H,13,14,15). The molecule has 2 aromatic rings. The minimum Gasteiger partial charge on any atom is -0.461 e. The van der Waals surface area contributed by atoms with Gasteiger partial charge in [-0.25, -0.2) is 9.89 Å². The fourth-order valence-electron chi connectivity index (χ4n) is 1.48. The highest BCUT2D eigenvalue weighted by atomic mass is 32.2. The van der Waals surface area contributed by atoms with Crippen LogP contribution >= 0.6 is 0 Å². The maximum atomic E-state index is 11.6. The quantitative estimate of drug-likeness (QED) is 0.619. The van der Waals surface area contributed by atoms with Crippen LogP contribution in [0.4, 0.5) is 0 Å². The second-order valence-electron chi connectivity index (χ2n) is 4.07. The molecule has 22 heavy (non-hydrogen) atoms. The fourth-order valence-corrected chi connectivity index (χ4v) is 1.94. The molecule has 2 rings (SSSR count). The Labute approximate surface area is 126 Å². The SMILES string of the molecule is CCOC(=O)c1[nH]nnc1Oc1ccc(OS(C)(=O)=O)cc1. The Morgan fingerprint density at radius 1 is 1.23 bits per heavy atom. The Morgan fingerprint density at radius 3 is 2.45 bits per heavy atom. The van der Waals surface area contributed by atoms with Gasteiger partial charge in [-0.2, -0.15) is 8.42 Å². The number of carbonyl (C=O) groups excluding carboxylic acids is 1. The van der Waals surface area contributed by atoms with Crippen LogP contribution in [0.2, 0.25) is 0 Å². The van der Waals surface area contributed by atoms with Crippen LogP contribution in [0.25, 0.3) is 0 Å². The van der Waals surface area contributed by atoms with Crippen molar-refractivity contribution in [3.8, 4) is 17.4 Å². The van der Waals surface area contributed by atoms with E-state index >= 15 is 0 Å². The summed E-state index contributed by atoms with van der Waals surface area (Å²) in [5.74, 6) is -0.226. The van der Waals surface area contributed by atoms with E-state index in [4.69, 9.17) is 13.7 Å². The van der Waals surface area contributed by atoms with E-state index in [1.165, 1.54) is 24.3 Å². The van der Waals surface area contributed by atoms with Crippen molar-refractivity contribution in [1.29, 1.82) is 0 Å². The average Bonchev–Trinajstić information content (AvgIpc) is 2.88. The van der Waals surface area contributed by atoms with E-state index in [0.717, 1.165) is 6.26 Å². The maximum Gasteiger partial charge on any atom is 0.362 e. The monoisotopic (exact) mass is 327 g/mol. The van der Waals surface area contributed by atoms with Crippen LogP contribution < -0.4 is 8.92 Å². The Bertz CT molecular complexity index is 753. The van der Waals surface area contributed by atoms with Crippen molar-refractivity contribution >= 4 is 16.1 Å². The third-order valence-corrected chi connectivity index (χ3v) is 2.78. The number of hydrogen-bond acceptors (Lipinski definition) is 8. The first-order valence-corrected chi connectivity index (χ1v) is 7.96. The molecule has 0 saturated carbocycles. The van der Waals surface area contributed by atoms with Crippen molar-refractivity contribution in [3.63, 3.8) is 0 Å². The van der Waals surface area contributed by atoms with E-state index in [0.29, 0.717) is 5.75 Å². The molecular weight excluding hydrogens is 314 g/mol. The third-order valence-electron chi connectivity index (χ3n) is 2.28. The molecule has 0 aliphatic rings. The van der Waals surface area contributed by atoms with Crippen molar-refractivity contribution in [2.75, 3.05) is 12.9 Å². The Morgan fingerprint density at radius 2 is 1.86 bits per heavy atom. The van der Waals surface area contributed by atoms with E-state index in [-0.39, 0.29) is 23.9 Å². The van der Waals surface area contributed by atoms with Crippen LogP contribution in [0.3, 0.4) is 0 Å². The van der Waals surface area contributed by atoms with Crippen LogP contribution in [-0.2, 0) is 14.9 Å². The predicted molar refractivity (Wildman–Crippen MR) is 74.3 cm³/mol. The molecule has 0 unspecified atom stereocenters. The minimum absolute atomic E-state index is 0.0155. The maximum absolute atomic E-state index is 11.6. The third kappa shape index (κ3) is 4.19. The first kappa shape index (κ1) is 15.8. The molecule has 0 fully saturated rings. The first-order chi connectivity index (χ1) is 10.4. The molecule has 0 amide bonds. The Kier molecular flexibility index (Phi) is 4.61. The Balaban J connectivity index is 2.12. The number of aromatic nitrogens is 3. The Hall–Kier alpha value is -2.62. The summed E-state index contributed by atoms with van der Waals surface area (Å²) in [5, 5.41) is 9.51. The summed E-state index contributed by atoms with van der Waals surface area (Å²) in [4.78, 5) is 11.6. The van der Waals surface area contributed by atoms with Gasteiger partial charge in [-0.05, 0) is 31.2 Å². The molecule has 0 aliphatic heterocycles. The number of hydrogen-bond donors (Lipinski definition) is 1. The van der Waals surface area contributed by atoms with Gasteiger partial charge in [0.15, 0.2) is 0 Å². The van der Waals surface area contributed by atoms with Gasteiger partial charge in [0.1, 0.15) is 11.5 Å². The molecule has 0 spiro atoms. The normalized spacial score (nSPS) is 11.0. The van der Waals surface area contributed by atoms with Crippen molar-refractivity contribution in [1.82, 2.24) is 15.4 Å². The first-order valence-electron chi connectivity index (χ1n) is 6.14. The average molecular weight is 327 g/mol. The summed E-state index contributed by atoms with van der Waals surface area (Å²) >= 11 is 0. The van der Waals surface area contributed by atoms with E-state index in [9.17, 15) is 13.2 Å². The second kappa shape index (κ2) is 6.43. The number of benzene rings is 1. The molecule has 1 aromatic heterocycles. The van der Waals surface area contributed by atoms with Crippen molar-refractivity contribution in [2.45, 2.75) is 6.92 Å². The van der Waals surface area contributed by atoms with E-state index < -0.39 is 16.1 Å². The molecule has 1 N–H and O–H groups in total. The smallest absolute Gasteiger partial charge is 0.362 e. The van der Waals surface area contributed by atoms with Crippen LogP contribution in [0.5, 0.6) is 17.4 Å². The molecular formula is C12H13N3O6S. The molecule has 0 atom stereocenters. The summed E-state index contributed by atoms with van der Waals surface area (Å²) in [6.07, 6.45) is 0.943. The molecule has 0 bridgehead atoms. The summed E-state index contributed by atoms with van der Waals surface area (Å²) < 4.78 is 36.9. The van der Waals surface area contributed by atoms with Gasteiger partial charge >= 0.3 is 16.1 Å². The fraction of sp³-hybridized carbons (Fsp3) is 0.250. The zero-order valence-corrected chi connectivity index (χ0v) is 12.6. The topological polar surface area (TPSA) is 120 Å². The van der Waals surface area contributed by atoms with Gasteiger partial charge in [0.05, 0.1) is 12.9 Å². The number of ether oxygens (including phenoxy) is 2. The lowest BCUT2D eigenvalue weighted by Crippen LogP contribution is -2.07. The highest BCUT2D eigenvalue weighted by molar-refractivity contribution is 7.86. The number of esters is 1. The van der Waals surface area contributed by atoms with E-state index in [2.05, 4.69) is 15.4 Å². The number of carbonyl (C=O) groups is 1. The summed E-state index contributed by atoms with van der Waals surface area (Å²) in [5.41, 5.74) is -0.0155. The molecule has 10 heteroatoms. The van der Waals surface area contributed by atoms with Gasteiger partial charge in [-0.3, -0.25) is 0 Å². The number of nitrogens with zero attached hydrogens (tertiary/aromatic N) is 2. The number of H-pyrrole nitrogens is 1. The van der Waals surface area contributed by atoms with Crippen molar-refractivity contribution in [2.24, 2.45) is 0 Å². The number of nitrogens with one attached hydrogen (secondary N) is 1. The summed E-state index contributed by atoms with van der Waals surface area (Å²) in [6, 6.07) is 5.73. The summed E-state index contributed by atoms with van der Waals surface area (Å²) in [7, 11) is -3.59. The molecule has 9 nitrogen and oxygen atoms in total. The lowest BCUT2D eigenvalue weighted by molar-refractivity contribution is 0.0516. The zero-order chi connectivity index (χ0) is 16.2. The van der Waals surface area contributed by atoms with Crippen molar-refractivity contribution in [3.05, 3.63) is 30.0 Å².